The van der Waals surface area contributed by atoms with Crippen molar-refractivity contribution in [3.8, 4) is 0 Å². The Morgan fingerprint density at radius 3 is 2.65 bits per heavy atom. The van der Waals surface area contributed by atoms with Crippen LogP contribution in [0.1, 0.15) is 12.0 Å². The van der Waals surface area contributed by atoms with Gasteiger partial charge in [0, 0.05) is 28.8 Å². The number of amides is 2. The van der Waals surface area contributed by atoms with Gasteiger partial charge < -0.3 is 10.2 Å². The van der Waals surface area contributed by atoms with Gasteiger partial charge in [-0.05, 0) is 42.8 Å². The van der Waals surface area contributed by atoms with Crippen LogP contribution in [0.15, 0.2) is 53.0 Å². The van der Waals surface area contributed by atoms with Gasteiger partial charge in [0.25, 0.3) is 0 Å². The minimum Gasteiger partial charge on any atom is -0.326 e. The van der Waals surface area contributed by atoms with Gasteiger partial charge in [0.15, 0.2) is 0 Å². The lowest BCUT2D eigenvalue weighted by molar-refractivity contribution is -0.122. The Balaban J connectivity index is 1.71. The summed E-state index contributed by atoms with van der Waals surface area (Å²) < 4.78 is 0.972. The molecule has 0 unspecified atom stereocenters. The van der Waals surface area contributed by atoms with Gasteiger partial charge in [0.05, 0.1) is 5.92 Å². The highest BCUT2D eigenvalue weighted by Gasteiger charge is 2.35. The molecule has 0 radical (unpaired) electrons. The molecule has 0 aliphatic carbocycles. The van der Waals surface area contributed by atoms with Crippen LogP contribution in [-0.2, 0) is 9.59 Å². The number of anilines is 2. The predicted molar refractivity (Wildman–Crippen MR) is 94.4 cm³/mol. The lowest BCUT2D eigenvalue weighted by Crippen LogP contribution is -2.28. The maximum atomic E-state index is 12.5. The van der Waals surface area contributed by atoms with E-state index >= 15 is 0 Å². The average Bonchev–Trinajstić information content (AvgIpc) is 2.93. The van der Waals surface area contributed by atoms with Crippen molar-refractivity contribution in [2.75, 3.05) is 16.8 Å². The molecule has 4 nitrogen and oxygen atoms in total. The topological polar surface area (TPSA) is 49.4 Å². The zero-order chi connectivity index (χ0) is 16.4. The van der Waals surface area contributed by atoms with Gasteiger partial charge >= 0.3 is 0 Å². The third-order valence-electron chi connectivity index (χ3n) is 4.01. The van der Waals surface area contributed by atoms with Crippen molar-refractivity contribution in [1.29, 1.82) is 0 Å². The number of carbonyl (C=O) groups is 2. The Kier molecular flexibility index (Phi) is 4.48. The van der Waals surface area contributed by atoms with Gasteiger partial charge in [0.2, 0.25) is 11.8 Å². The second kappa shape index (κ2) is 6.54. The van der Waals surface area contributed by atoms with E-state index in [9.17, 15) is 9.59 Å². The summed E-state index contributed by atoms with van der Waals surface area (Å²) in [7, 11) is 0. The molecule has 0 spiro atoms. The molecule has 1 N–H and O–H groups in total. The summed E-state index contributed by atoms with van der Waals surface area (Å²) in [6.45, 7) is 2.36. The standard InChI is InChI=1S/C18H17BrN2O2/c1-12-9-14(19)7-8-16(12)20-18(23)13-10-17(22)21(11-13)15-5-3-2-4-6-15/h2-9,13H,10-11H2,1H3,(H,20,23)/t13-/m0/s1. The van der Waals surface area contributed by atoms with Crippen molar-refractivity contribution in [3.05, 3.63) is 58.6 Å². The summed E-state index contributed by atoms with van der Waals surface area (Å²) in [5, 5.41) is 2.93. The van der Waals surface area contributed by atoms with Crippen molar-refractivity contribution in [2.24, 2.45) is 5.92 Å². The van der Waals surface area contributed by atoms with E-state index in [1.807, 2.05) is 55.5 Å². The number of para-hydroxylation sites is 1. The maximum Gasteiger partial charge on any atom is 0.229 e. The van der Waals surface area contributed by atoms with Gasteiger partial charge in [-0.3, -0.25) is 9.59 Å². The molecule has 0 bridgehead atoms. The zero-order valence-electron chi connectivity index (χ0n) is 12.8. The first kappa shape index (κ1) is 15.7. The molecule has 2 aromatic rings. The molecule has 118 valence electrons. The largest absolute Gasteiger partial charge is 0.326 e. The summed E-state index contributed by atoms with van der Waals surface area (Å²) in [6, 6.07) is 15.2. The molecule has 1 aliphatic heterocycles. The molecule has 3 rings (SSSR count). The van der Waals surface area contributed by atoms with Crippen molar-refractivity contribution < 1.29 is 9.59 Å². The van der Waals surface area contributed by atoms with Crippen LogP contribution in [0.25, 0.3) is 0 Å². The second-order valence-electron chi connectivity index (χ2n) is 5.69. The second-order valence-corrected chi connectivity index (χ2v) is 6.61. The van der Waals surface area contributed by atoms with Gasteiger partial charge in [-0.25, -0.2) is 0 Å². The number of nitrogens with zero attached hydrogens (tertiary/aromatic N) is 1. The minimum absolute atomic E-state index is 0.0103. The number of hydrogen-bond donors (Lipinski definition) is 1. The van der Waals surface area contributed by atoms with Crippen LogP contribution in [0.2, 0.25) is 0 Å². The first-order valence-electron chi connectivity index (χ1n) is 7.47. The summed E-state index contributed by atoms with van der Waals surface area (Å²) in [6.07, 6.45) is 0.246. The fourth-order valence-corrected chi connectivity index (χ4v) is 3.22. The van der Waals surface area contributed by atoms with Crippen LogP contribution in [0, 0.1) is 12.8 Å². The Hall–Kier alpha value is -2.14. The first-order chi connectivity index (χ1) is 11.0. The molecule has 0 aromatic heterocycles. The van der Waals surface area contributed by atoms with Crippen LogP contribution in [0.4, 0.5) is 11.4 Å². The van der Waals surface area contributed by atoms with Crippen molar-refractivity contribution in [3.63, 3.8) is 0 Å². The van der Waals surface area contributed by atoms with Gasteiger partial charge in [0.1, 0.15) is 0 Å². The van der Waals surface area contributed by atoms with Gasteiger partial charge in [-0.2, -0.15) is 0 Å². The van der Waals surface area contributed by atoms with E-state index < -0.39 is 0 Å². The van der Waals surface area contributed by atoms with Crippen LogP contribution < -0.4 is 10.2 Å². The van der Waals surface area contributed by atoms with Crippen molar-refractivity contribution in [1.82, 2.24) is 0 Å². The normalized spacial score (nSPS) is 17.4. The zero-order valence-corrected chi connectivity index (χ0v) is 14.3. The van der Waals surface area contributed by atoms with Crippen molar-refractivity contribution in [2.45, 2.75) is 13.3 Å². The lowest BCUT2D eigenvalue weighted by atomic mass is 10.1. The van der Waals surface area contributed by atoms with Gasteiger partial charge in [-0.1, -0.05) is 34.1 Å². The van der Waals surface area contributed by atoms with Crippen LogP contribution in [0.5, 0.6) is 0 Å². The van der Waals surface area contributed by atoms with Gasteiger partial charge in [-0.15, -0.1) is 0 Å². The van der Waals surface area contributed by atoms with Crippen LogP contribution in [-0.4, -0.2) is 18.4 Å². The third-order valence-corrected chi connectivity index (χ3v) is 4.50. The van der Waals surface area contributed by atoms with E-state index in [2.05, 4.69) is 21.2 Å². The Morgan fingerprint density at radius 1 is 1.22 bits per heavy atom. The third kappa shape index (κ3) is 3.45. The summed E-state index contributed by atoms with van der Waals surface area (Å²) in [5.41, 5.74) is 2.60. The lowest BCUT2D eigenvalue weighted by Gasteiger charge is -2.17. The van der Waals surface area contributed by atoms with Crippen LogP contribution >= 0.6 is 15.9 Å². The fraction of sp³-hybridized carbons (Fsp3) is 0.222. The average molecular weight is 373 g/mol. The number of aryl methyl sites for hydroxylation is 1. The summed E-state index contributed by atoms with van der Waals surface area (Å²) in [4.78, 5) is 26.3. The number of rotatable bonds is 3. The summed E-state index contributed by atoms with van der Waals surface area (Å²) >= 11 is 3.41. The Bertz CT molecular complexity index is 746. The molecular weight excluding hydrogens is 356 g/mol. The van der Waals surface area contributed by atoms with E-state index in [1.54, 1.807) is 4.90 Å². The highest BCUT2D eigenvalue weighted by Crippen LogP contribution is 2.27. The number of benzene rings is 2. The molecule has 1 aliphatic rings. The van der Waals surface area contributed by atoms with Crippen LogP contribution in [0.3, 0.4) is 0 Å². The highest BCUT2D eigenvalue weighted by molar-refractivity contribution is 9.10. The molecule has 1 saturated heterocycles. The molecule has 1 atom stereocenters. The number of halogens is 1. The number of nitrogens with one attached hydrogen (secondary N) is 1. The molecule has 2 amide bonds. The Morgan fingerprint density at radius 2 is 1.96 bits per heavy atom. The monoisotopic (exact) mass is 372 g/mol. The van der Waals surface area contributed by atoms with E-state index in [-0.39, 0.29) is 24.2 Å². The molecule has 0 saturated carbocycles. The van der Waals surface area contributed by atoms with Crippen molar-refractivity contribution >= 4 is 39.1 Å². The quantitative estimate of drug-likeness (QED) is 0.891. The number of carbonyl (C=O) groups excluding carboxylic acids is 2. The van der Waals surface area contributed by atoms with E-state index in [1.165, 1.54) is 0 Å². The fourth-order valence-electron chi connectivity index (χ4n) is 2.74. The minimum atomic E-state index is -0.328. The molecule has 2 aromatic carbocycles. The molecule has 5 heteroatoms. The molecule has 23 heavy (non-hydrogen) atoms. The first-order valence-corrected chi connectivity index (χ1v) is 8.26. The number of hydrogen-bond acceptors (Lipinski definition) is 2. The predicted octanol–water partition coefficient (Wildman–Crippen LogP) is 3.75. The highest BCUT2D eigenvalue weighted by atomic mass is 79.9. The SMILES string of the molecule is Cc1cc(Br)ccc1NC(=O)[C@H]1CC(=O)N(c2ccccc2)C1. The molecule has 1 fully saturated rings. The van der Waals surface area contributed by atoms with E-state index in [0.29, 0.717) is 6.54 Å². The summed E-state index contributed by atoms with van der Waals surface area (Å²) in [5.74, 6) is -0.447. The smallest absolute Gasteiger partial charge is 0.229 e. The Labute approximate surface area is 143 Å². The van der Waals surface area contributed by atoms with E-state index in [0.717, 1.165) is 21.4 Å². The molecular formula is C18H17BrN2O2. The molecule has 1 heterocycles. The van der Waals surface area contributed by atoms with E-state index in [4.69, 9.17) is 0 Å². The maximum absolute atomic E-state index is 12.5.